The van der Waals surface area contributed by atoms with Crippen molar-refractivity contribution < 1.29 is 9.50 Å². The van der Waals surface area contributed by atoms with Crippen LogP contribution in [0.2, 0.25) is 0 Å². The highest BCUT2D eigenvalue weighted by Crippen LogP contribution is 2.38. The first-order valence-corrected chi connectivity index (χ1v) is 8.35. The molecule has 122 valence electrons. The Labute approximate surface area is 134 Å². The van der Waals surface area contributed by atoms with Crippen LogP contribution in [-0.4, -0.2) is 28.9 Å². The van der Waals surface area contributed by atoms with E-state index in [4.69, 9.17) is 0 Å². The van der Waals surface area contributed by atoms with Gasteiger partial charge in [0.15, 0.2) is 5.43 Å². The Balaban J connectivity index is 1.96. The second-order valence-corrected chi connectivity index (χ2v) is 6.77. The number of anilines is 1. The van der Waals surface area contributed by atoms with Crippen LogP contribution in [0.25, 0.3) is 10.9 Å². The molecule has 1 fully saturated rings. The minimum absolute atomic E-state index is 0.119. The predicted octanol–water partition coefficient (Wildman–Crippen LogP) is 2.61. The summed E-state index contributed by atoms with van der Waals surface area (Å²) in [6.45, 7) is 3.44. The van der Waals surface area contributed by atoms with Crippen LogP contribution in [0.4, 0.5) is 10.1 Å². The van der Waals surface area contributed by atoms with E-state index in [0.29, 0.717) is 43.0 Å². The summed E-state index contributed by atoms with van der Waals surface area (Å²) in [4.78, 5) is 14.2. The summed E-state index contributed by atoms with van der Waals surface area (Å²) >= 11 is 0. The fourth-order valence-electron chi connectivity index (χ4n) is 4.01. The van der Waals surface area contributed by atoms with E-state index in [2.05, 4.69) is 11.5 Å². The molecule has 4 rings (SSSR count). The lowest BCUT2D eigenvalue weighted by Crippen LogP contribution is -2.37. The SMILES string of the molecule is C[C@H]1CCc2c(N3CCC(O)CC3)c(F)cc3c(=O)ccn1c23. The molecule has 1 saturated heterocycles. The molecule has 0 aliphatic carbocycles. The smallest absolute Gasteiger partial charge is 0.189 e. The Hall–Kier alpha value is -1.88. The van der Waals surface area contributed by atoms with Crippen LogP contribution in [0.5, 0.6) is 0 Å². The van der Waals surface area contributed by atoms with Gasteiger partial charge in [0.1, 0.15) is 5.82 Å². The quantitative estimate of drug-likeness (QED) is 0.879. The first-order valence-electron chi connectivity index (χ1n) is 8.35. The maximum absolute atomic E-state index is 14.8. The lowest BCUT2D eigenvalue weighted by atomic mass is 9.93. The maximum Gasteiger partial charge on any atom is 0.189 e. The number of aromatic nitrogens is 1. The van der Waals surface area contributed by atoms with Crippen molar-refractivity contribution in [3.8, 4) is 0 Å². The average Bonchev–Trinajstić information content (AvgIpc) is 2.54. The minimum Gasteiger partial charge on any atom is -0.393 e. The van der Waals surface area contributed by atoms with Gasteiger partial charge in [0, 0.05) is 42.3 Å². The zero-order valence-corrected chi connectivity index (χ0v) is 13.3. The minimum atomic E-state index is -0.312. The van der Waals surface area contributed by atoms with Gasteiger partial charge < -0.3 is 14.6 Å². The number of pyridine rings is 1. The van der Waals surface area contributed by atoms with Gasteiger partial charge in [-0.25, -0.2) is 4.39 Å². The van der Waals surface area contributed by atoms with Crippen LogP contribution >= 0.6 is 0 Å². The first kappa shape index (κ1) is 14.7. The van der Waals surface area contributed by atoms with Gasteiger partial charge >= 0.3 is 0 Å². The summed E-state index contributed by atoms with van der Waals surface area (Å²) < 4.78 is 16.9. The summed E-state index contributed by atoms with van der Waals surface area (Å²) in [7, 11) is 0. The van der Waals surface area contributed by atoms with Crippen LogP contribution in [0.15, 0.2) is 23.1 Å². The number of nitrogens with zero attached hydrogens (tertiary/aromatic N) is 2. The van der Waals surface area contributed by atoms with Gasteiger partial charge in [0.05, 0.1) is 17.3 Å². The van der Waals surface area contributed by atoms with Gasteiger partial charge in [-0.2, -0.15) is 0 Å². The molecule has 23 heavy (non-hydrogen) atoms. The summed E-state index contributed by atoms with van der Waals surface area (Å²) in [6.07, 6.45) is 4.60. The van der Waals surface area contributed by atoms with E-state index in [1.165, 1.54) is 12.1 Å². The van der Waals surface area contributed by atoms with Gasteiger partial charge in [-0.05, 0) is 38.7 Å². The summed E-state index contributed by atoms with van der Waals surface area (Å²) in [5.41, 5.74) is 2.35. The number of aliphatic hydroxyl groups excluding tert-OH is 1. The zero-order chi connectivity index (χ0) is 16.1. The number of hydrogen-bond donors (Lipinski definition) is 1. The molecule has 4 nitrogen and oxygen atoms in total. The van der Waals surface area contributed by atoms with E-state index in [0.717, 1.165) is 23.9 Å². The molecule has 0 amide bonds. The Bertz CT molecular complexity index is 822. The van der Waals surface area contributed by atoms with Crippen molar-refractivity contribution in [2.45, 2.75) is 44.8 Å². The molecule has 1 atom stereocenters. The Morgan fingerprint density at radius 2 is 2.00 bits per heavy atom. The molecule has 0 radical (unpaired) electrons. The molecule has 1 aromatic carbocycles. The van der Waals surface area contributed by atoms with Crippen LogP contribution in [0.3, 0.4) is 0 Å². The Morgan fingerprint density at radius 3 is 2.74 bits per heavy atom. The molecule has 0 saturated carbocycles. The summed E-state index contributed by atoms with van der Waals surface area (Å²) in [6, 6.07) is 3.24. The molecule has 3 heterocycles. The monoisotopic (exact) mass is 316 g/mol. The summed E-state index contributed by atoms with van der Waals surface area (Å²) in [5, 5.41) is 10.2. The third kappa shape index (κ3) is 2.26. The van der Waals surface area contributed by atoms with Gasteiger partial charge in [-0.15, -0.1) is 0 Å². The first-order chi connectivity index (χ1) is 11.1. The van der Waals surface area contributed by atoms with Crippen LogP contribution in [-0.2, 0) is 6.42 Å². The predicted molar refractivity (Wildman–Crippen MR) is 88.7 cm³/mol. The van der Waals surface area contributed by atoms with Crippen molar-refractivity contribution in [3.63, 3.8) is 0 Å². The molecule has 2 aliphatic heterocycles. The fraction of sp³-hybridized carbons (Fsp3) is 0.500. The maximum atomic E-state index is 14.8. The van der Waals surface area contributed by atoms with Gasteiger partial charge in [0.25, 0.3) is 0 Å². The largest absolute Gasteiger partial charge is 0.393 e. The highest BCUT2D eigenvalue weighted by atomic mass is 19.1. The van der Waals surface area contributed by atoms with E-state index >= 15 is 0 Å². The number of piperidine rings is 1. The van der Waals surface area contributed by atoms with Crippen molar-refractivity contribution in [3.05, 3.63) is 39.9 Å². The standard InChI is InChI=1S/C18H21FN2O2/c1-11-2-3-13-17-14(16(23)6-9-21(11)17)10-15(19)18(13)20-7-4-12(22)5-8-20/h6,9-12,22H,2-5,7-8H2,1H3/t11-/m0/s1. The number of aliphatic hydroxyl groups is 1. The van der Waals surface area contributed by atoms with E-state index in [-0.39, 0.29) is 17.3 Å². The number of aryl methyl sites for hydroxylation is 1. The van der Waals surface area contributed by atoms with Crippen LogP contribution in [0.1, 0.15) is 37.8 Å². The fourth-order valence-corrected chi connectivity index (χ4v) is 4.01. The van der Waals surface area contributed by atoms with E-state index in [1.54, 1.807) is 0 Å². The molecule has 1 N–H and O–H groups in total. The second-order valence-electron chi connectivity index (χ2n) is 6.77. The lowest BCUT2D eigenvalue weighted by Gasteiger charge is -2.35. The molecular weight excluding hydrogens is 295 g/mol. The van der Waals surface area contributed by atoms with Gasteiger partial charge in [0.2, 0.25) is 0 Å². The van der Waals surface area contributed by atoms with Crippen molar-refractivity contribution in [2.75, 3.05) is 18.0 Å². The normalized spacial score (nSPS) is 21.9. The van der Waals surface area contributed by atoms with Crippen molar-refractivity contribution in [1.82, 2.24) is 4.57 Å². The highest BCUT2D eigenvalue weighted by molar-refractivity contribution is 5.88. The van der Waals surface area contributed by atoms with Crippen LogP contribution < -0.4 is 10.3 Å². The molecule has 0 unspecified atom stereocenters. The van der Waals surface area contributed by atoms with Gasteiger partial charge in [-0.3, -0.25) is 4.79 Å². The van der Waals surface area contributed by atoms with Crippen molar-refractivity contribution in [2.24, 2.45) is 0 Å². The molecule has 2 aliphatic rings. The Kier molecular flexibility index (Phi) is 3.41. The third-order valence-electron chi connectivity index (χ3n) is 5.30. The number of benzene rings is 1. The summed E-state index contributed by atoms with van der Waals surface area (Å²) in [5.74, 6) is -0.312. The van der Waals surface area contributed by atoms with E-state index in [1.807, 2.05) is 11.1 Å². The highest BCUT2D eigenvalue weighted by Gasteiger charge is 2.28. The lowest BCUT2D eigenvalue weighted by molar-refractivity contribution is 0.145. The molecule has 1 aromatic heterocycles. The molecule has 5 heteroatoms. The van der Waals surface area contributed by atoms with Gasteiger partial charge in [-0.1, -0.05) is 0 Å². The van der Waals surface area contributed by atoms with Crippen LogP contribution in [0, 0.1) is 5.82 Å². The zero-order valence-electron chi connectivity index (χ0n) is 13.3. The van der Waals surface area contributed by atoms with Crippen molar-refractivity contribution >= 4 is 16.6 Å². The number of hydrogen-bond acceptors (Lipinski definition) is 3. The van der Waals surface area contributed by atoms with E-state index < -0.39 is 0 Å². The average molecular weight is 316 g/mol. The number of rotatable bonds is 1. The number of halogens is 1. The van der Waals surface area contributed by atoms with E-state index in [9.17, 15) is 14.3 Å². The molecule has 2 aromatic rings. The molecule has 0 bridgehead atoms. The Morgan fingerprint density at radius 1 is 1.26 bits per heavy atom. The van der Waals surface area contributed by atoms with Crippen molar-refractivity contribution in [1.29, 1.82) is 0 Å². The third-order valence-corrected chi connectivity index (χ3v) is 5.30. The molecular formula is C18H21FN2O2. The second kappa shape index (κ2) is 5.34. The molecule has 0 spiro atoms. The topological polar surface area (TPSA) is 45.5 Å².